The first-order valence-corrected chi connectivity index (χ1v) is 12.9. The second kappa shape index (κ2) is 10.5. The predicted molar refractivity (Wildman–Crippen MR) is 138 cm³/mol. The molecule has 0 atom stereocenters. The summed E-state index contributed by atoms with van der Waals surface area (Å²) in [6.07, 6.45) is 1.51. The van der Waals surface area contributed by atoms with Crippen LogP contribution in [0.25, 0.3) is 10.9 Å². The lowest BCUT2D eigenvalue weighted by Gasteiger charge is -2.34. The number of piperazine rings is 1. The number of benzene rings is 2. The van der Waals surface area contributed by atoms with E-state index in [-0.39, 0.29) is 11.5 Å². The molecule has 3 aromatic rings. The van der Waals surface area contributed by atoms with Gasteiger partial charge in [0.2, 0.25) is 5.91 Å². The molecule has 0 aliphatic carbocycles. The Balaban J connectivity index is 1.58. The Bertz CT molecular complexity index is 1240. The van der Waals surface area contributed by atoms with Gasteiger partial charge in [-0.15, -0.1) is 11.8 Å². The number of carbonyl (C=O) groups is 1. The summed E-state index contributed by atoms with van der Waals surface area (Å²) in [6.45, 7) is 7.52. The molecule has 0 unspecified atom stereocenters. The highest BCUT2D eigenvalue weighted by atomic mass is 79.9. The molecule has 1 fully saturated rings. The Morgan fingerprint density at radius 2 is 1.97 bits per heavy atom. The summed E-state index contributed by atoms with van der Waals surface area (Å²) in [5, 5.41) is 1.12. The third-order valence-corrected chi connectivity index (χ3v) is 7.55. The molecule has 2 heterocycles. The fourth-order valence-electron chi connectivity index (χ4n) is 3.85. The van der Waals surface area contributed by atoms with E-state index in [1.165, 1.54) is 11.0 Å². The smallest absolute Gasteiger partial charge is 0.280 e. The molecule has 7 nitrogen and oxygen atoms in total. The fraction of sp³-hybridized carbons (Fsp3) is 0.348. The minimum Gasteiger partial charge on any atom is -0.340 e. The fourth-order valence-corrected chi connectivity index (χ4v) is 5.22. The zero-order valence-corrected chi connectivity index (χ0v) is 21.6. The quantitative estimate of drug-likeness (QED) is 0.457. The van der Waals surface area contributed by atoms with Crippen LogP contribution in [0.4, 0.5) is 5.69 Å². The van der Waals surface area contributed by atoms with Crippen molar-refractivity contribution in [3.05, 3.63) is 62.1 Å². The number of hydrogen-bond acceptors (Lipinski definition) is 6. The third kappa shape index (κ3) is 5.54. The molecule has 0 bridgehead atoms. The van der Waals surface area contributed by atoms with Gasteiger partial charge in [0.1, 0.15) is 6.33 Å². The minimum atomic E-state index is -0.185. The van der Waals surface area contributed by atoms with Crippen LogP contribution in [-0.4, -0.2) is 57.3 Å². The van der Waals surface area contributed by atoms with Crippen molar-refractivity contribution in [3.8, 4) is 0 Å². The van der Waals surface area contributed by atoms with Gasteiger partial charge >= 0.3 is 0 Å². The maximum absolute atomic E-state index is 13.2. The van der Waals surface area contributed by atoms with Gasteiger partial charge in [-0.25, -0.2) is 9.66 Å². The highest BCUT2D eigenvalue weighted by Gasteiger charge is 2.20. The Labute approximate surface area is 210 Å². The van der Waals surface area contributed by atoms with Crippen LogP contribution in [0.3, 0.4) is 0 Å². The van der Waals surface area contributed by atoms with Crippen LogP contribution < -0.4 is 11.0 Å². The largest absolute Gasteiger partial charge is 0.340 e. The normalized spacial score (nSPS) is 14.6. The van der Waals surface area contributed by atoms with Crippen LogP contribution >= 0.6 is 39.3 Å². The average molecular weight is 551 g/mol. The summed E-state index contributed by atoms with van der Waals surface area (Å²) in [6, 6.07) is 9.38. The molecule has 4 rings (SSSR count). The van der Waals surface area contributed by atoms with Gasteiger partial charge in [-0.2, -0.15) is 0 Å². The van der Waals surface area contributed by atoms with Gasteiger partial charge in [-0.05, 0) is 41.6 Å². The summed E-state index contributed by atoms with van der Waals surface area (Å²) < 4.78 is 2.26. The standard InChI is InChI=1S/C23H25BrClN5O2S/c1-3-33-22-5-4-17(25)11-21(22)27-30-14-26-20-10-16(19(24)12-18(20)23(30)32)13-28-6-8-29(9-7-28)15(2)31/h4-5,10-12,14,27H,3,6-9,13H2,1-2H3. The predicted octanol–water partition coefficient (Wildman–Crippen LogP) is 4.46. The number of aromatic nitrogens is 2. The maximum Gasteiger partial charge on any atom is 0.280 e. The lowest BCUT2D eigenvalue weighted by Crippen LogP contribution is -2.47. The minimum absolute atomic E-state index is 0.119. The van der Waals surface area contributed by atoms with Gasteiger partial charge in [-0.1, -0.05) is 34.5 Å². The SMILES string of the molecule is CCSc1ccc(Cl)cc1Nn1cnc2cc(CN3CCN(C(C)=O)CC3)c(Br)cc2c1=O. The van der Waals surface area contributed by atoms with Crippen molar-refractivity contribution in [2.24, 2.45) is 0 Å². The van der Waals surface area contributed by atoms with E-state index in [2.05, 4.69) is 38.2 Å². The van der Waals surface area contributed by atoms with Crippen LogP contribution in [0.15, 0.2) is 50.8 Å². The Kier molecular flexibility index (Phi) is 7.63. The first-order valence-electron chi connectivity index (χ1n) is 10.7. The number of anilines is 1. The third-order valence-electron chi connectivity index (χ3n) is 5.62. The van der Waals surface area contributed by atoms with Crippen LogP contribution in [0.2, 0.25) is 5.02 Å². The molecule has 10 heteroatoms. The second-order valence-electron chi connectivity index (χ2n) is 7.85. The van der Waals surface area contributed by atoms with E-state index in [1.807, 2.05) is 29.2 Å². The van der Waals surface area contributed by atoms with Crippen molar-refractivity contribution < 1.29 is 4.79 Å². The number of amides is 1. The topological polar surface area (TPSA) is 70.5 Å². The van der Waals surface area contributed by atoms with Gasteiger partial charge in [0.05, 0.1) is 16.6 Å². The van der Waals surface area contributed by atoms with Crippen molar-refractivity contribution in [3.63, 3.8) is 0 Å². The second-order valence-corrected chi connectivity index (χ2v) is 10.4. The van der Waals surface area contributed by atoms with Crippen molar-refractivity contribution in [1.29, 1.82) is 0 Å². The van der Waals surface area contributed by atoms with Crippen molar-refractivity contribution in [2.75, 3.05) is 37.4 Å². The highest BCUT2D eigenvalue weighted by molar-refractivity contribution is 9.10. The van der Waals surface area contributed by atoms with Crippen molar-refractivity contribution in [1.82, 2.24) is 19.5 Å². The summed E-state index contributed by atoms with van der Waals surface area (Å²) in [5.41, 5.74) is 5.44. The van der Waals surface area contributed by atoms with E-state index < -0.39 is 0 Å². The molecule has 174 valence electrons. The number of thioether (sulfide) groups is 1. The molecule has 1 aliphatic rings. The number of nitrogens with zero attached hydrogens (tertiary/aromatic N) is 4. The molecule has 0 saturated carbocycles. The molecule has 1 saturated heterocycles. The van der Waals surface area contributed by atoms with Gasteiger partial charge in [0.15, 0.2) is 0 Å². The van der Waals surface area contributed by atoms with Crippen LogP contribution in [0.1, 0.15) is 19.4 Å². The summed E-state index contributed by atoms with van der Waals surface area (Å²) in [7, 11) is 0. The Morgan fingerprint density at radius 3 is 2.67 bits per heavy atom. The average Bonchev–Trinajstić information content (AvgIpc) is 2.79. The molecule has 1 amide bonds. The number of hydrogen-bond donors (Lipinski definition) is 1. The van der Waals surface area contributed by atoms with E-state index in [1.54, 1.807) is 24.8 Å². The van der Waals surface area contributed by atoms with Gasteiger partial charge in [0.25, 0.3) is 5.56 Å². The summed E-state index contributed by atoms with van der Waals surface area (Å²) >= 11 is 11.5. The monoisotopic (exact) mass is 549 g/mol. The molecule has 1 aromatic heterocycles. The maximum atomic E-state index is 13.2. The molecule has 0 spiro atoms. The zero-order chi connectivity index (χ0) is 23.5. The first kappa shape index (κ1) is 24.1. The number of carbonyl (C=O) groups excluding carboxylic acids is 1. The number of nitrogens with one attached hydrogen (secondary N) is 1. The molecule has 33 heavy (non-hydrogen) atoms. The van der Waals surface area contributed by atoms with Crippen LogP contribution in [0, 0.1) is 0 Å². The first-order chi connectivity index (χ1) is 15.9. The van der Waals surface area contributed by atoms with E-state index >= 15 is 0 Å². The molecular formula is C23H25BrClN5O2S. The summed E-state index contributed by atoms with van der Waals surface area (Å²) in [4.78, 5) is 34.5. The van der Waals surface area contributed by atoms with Crippen molar-refractivity contribution >= 4 is 61.8 Å². The van der Waals surface area contributed by atoms with E-state index in [0.717, 1.165) is 59.1 Å². The lowest BCUT2D eigenvalue weighted by atomic mass is 10.1. The molecule has 2 aromatic carbocycles. The van der Waals surface area contributed by atoms with E-state index in [9.17, 15) is 9.59 Å². The molecule has 1 N–H and O–H groups in total. The molecule has 1 aliphatic heterocycles. The van der Waals surface area contributed by atoms with Crippen molar-refractivity contribution in [2.45, 2.75) is 25.3 Å². The number of fused-ring (bicyclic) bond motifs is 1. The summed E-state index contributed by atoms with van der Waals surface area (Å²) in [5.74, 6) is 1.02. The van der Waals surface area contributed by atoms with Gasteiger partial charge < -0.3 is 4.90 Å². The molecule has 0 radical (unpaired) electrons. The Morgan fingerprint density at radius 1 is 1.21 bits per heavy atom. The zero-order valence-electron chi connectivity index (χ0n) is 18.5. The van der Waals surface area contributed by atoms with Crippen LogP contribution in [-0.2, 0) is 11.3 Å². The number of halogens is 2. The Hall–Kier alpha value is -2.07. The molecular weight excluding hydrogens is 526 g/mol. The van der Waals surface area contributed by atoms with E-state index in [4.69, 9.17) is 11.6 Å². The highest BCUT2D eigenvalue weighted by Crippen LogP contribution is 2.30. The van der Waals surface area contributed by atoms with Crippen LogP contribution in [0.5, 0.6) is 0 Å². The number of rotatable bonds is 6. The van der Waals surface area contributed by atoms with Gasteiger partial charge in [0, 0.05) is 54.0 Å². The lowest BCUT2D eigenvalue weighted by molar-refractivity contribution is -0.130. The van der Waals surface area contributed by atoms with E-state index in [0.29, 0.717) is 15.9 Å². The van der Waals surface area contributed by atoms with Gasteiger partial charge in [-0.3, -0.25) is 19.9 Å².